The Hall–Kier alpha value is -2.08. The Morgan fingerprint density at radius 2 is 2.07 bits per heavy atom. The molecule has 0 aliphatic carbocycles. The molecule has 0 unspecified atom stereocenters. The molecule has 0 aromatic carbocycles. The summed E-state index contributed by atoms with van der Waals surface area (Å²) in [6.45, 7) is 15.5. The lowest BCUT2D eigenvalue weighted by Crippen LogP contribution is -2.27. The van der Waals surface area contributed by atoms with Crippen LogP contribution in [0.3, 0.4) is 0 Å². The molecule has 0 saturated heterocycles. The highest BCUT2D eigenvalue weighted by atomic mass is 16.1. The number of aryl methyl sites for hydroxylation is 1. The Kier molecular flexibility index (Phi) is 5.75. The van der Waals surface area contributed by atoms with Crippen LogP contribution in [0.4, 0.5) is 0 Å². The number of carbonyl (C=O) groups excluding carboxylic acids is 1. The number of nitrogens with zero attached hydrogens (tertiary/aromatic N) is 4. The van der Waals surface area contributed by atoms with Gasteiger partial charge in [0.2, 0.25) is 0 Å². The summed E-state index contributed by atoms with van der Waals surface area (Å²) in [5.41, 5.74) is 2.84. The molecule has 1 aliphatic heterocycles. The first-order chi connectivity index (χ1) is 12.7. The van der Waals surface area contributed by atoms with Crippen LogP contribution in [0.2, 0.25) is 0 Å². The van der Waals surface area contributed by atoms with Crippen LogP contribution in [0.25, 0.3) is 0 Å². The standard InChI is InChI=1S/C21H33N5O/c1-16(2)13-24-8-6-9-26-19(15-24)11-18(23-26)12-22-20(27)17-7-10-25(14-17)21(3,4)5/h7,10-11,14,16H,6,8-9,12-13,15H2,1-5H3,(H,22,27). The molecule has 6 heteroatoms. The molecule has 6 nitrogen and oxygen atoms in total. The number of carbonyl (C=O) groups is 1. The molecule has 3 rings (SSSR count). The number of rotatable bonds is 5. The smallest absolute Gasteiger partial charge is 0.253 e. The van der Waals surface area contributed by atoms with Gasteiger partial charge in [0.1, 0.15) is 0 Å². The van der Waals surface area contributed by atoms with Crippen LogP contribution in [0, 0.1) is 5.92 Å². The van der Waals surface area contributed by atoms with Gasteiger partial charge in [-0.2, -0.15) is 5.10 Å². The van der Waals surface area contributed by atoms with Gasteiger partial charge in [-0.1, -0.05) is 13.8 Å². The average molecular weight is 372 g/mol. The molecule has 2 aromatic heterocycles. The Labute approximate surface area is 162 Å². The van der Waals surface area contributed by atoms with Crippen LogP contribution in [0.1, 0.15) is 62.8 Å². The Bertz CT molecular complexity index is 781. The Balaban J connectivity index is 1.61. The highest BCUT2D eigenvalue weighted by Crippen LogP contribution is 2.17. The van der Waals surface area contributed by atoms with E-state index in [1.165, 1.54) is 5.69 Å². The van der Waals surface area contributed by atoms with Crippen molar-refractivity contribution in [3.63, 3.8) is 0 Å². The van der Waals surface area contributed by atoms with Gasteiger partial charge in [0.15, 0.2) is 0 Å². The van der Waals surface area contributed by atoms with Crippen LogP contribution in [-0.2, 0) is 25.2 Å². The largest absolute Gasteiger partial charge is 0.348 e. The SMILES string of the molecule is CC(C)CN1CCCn2nc(CNC(=O)c3ccn(C(C)(C)C)c3)cc2C1. The molecule has 0 radical (unpaired) electrons. The van der Waals surface area contributed by atoms with Crippen LogP contribution in [0.15, 0.2) is 24.5 Å². The second-order valence-corrected chi connectivity index (χ2v) is 8.99. The summed E-state index contributed by atoms with van der Waals surface area (Å²) in [5, 5.41) is 7.71. The van der Waals surface area contributed by atoms with Gasteiger partial charge in [0.25, 0.3) is 5.91 Å². The lowest BCUT2D eigenvalue weighted by atomic mass is 10.1. The van der Waals surface area contributed by atoms with Gasteiger partial charge in [0.05, 0.1) is 23.5 Å². The zero-order valence-electron chi connectivity index (χ0n) is 17.3. The minimum absolute atomic E-state index is 0.0260. The van der Waals surface area contributed by atoms with Gasteiger partial charge in [-0.05, 0) is 45.2 Å². The predicted molar refractivity (Wildman–Crippen MR) is 108 cm³/mol. The fraction of sp³-hybridized carbons (Fsp3) is 0.619. The maximum Gasteiger partial charge on any atom is 0.253 e. The molecule has 2 aromatic rings. The van der Waals surface area contributed by atoms with Gasteiger partial charge in [-0.15, -0.1) is 0 Å². The molecule has 0 atom stereocenters. The van der Waals surface area contributed by atoms with Crippen LogP contribution in [-0.4, -0.2) is 38.2 Å². The molecular formula is C21H33N5O. The summed E-state index contributed by atoms with van der Waals surface area (Å²) in [6.07, 6.45) is 4.98. The van der Waals surface area contributed by atoms with Crippen molar-refractivity contribution in [2.75, 3.05) is 13.1 Å². The Morgan fingerprint density at radius 1 is 1.30 bits per heavy atom. The highest BCUT2D eigenvalue weighted by molar-refractivity contribution is 5.93. The number of hydrogen-bond donors (Lipinski definition) is 1. The van der Waals surface area contributed by atoms with E-state index in [9.17, 15) is 4.79 Å². The van der Waals surface area contributed by atoms with Crippen molar-refractivity contribution in [1.29, 1.82) is 0 Å². The number of aromatic nitrogens is 3. The third kappa shape index (κ3) is 5.01. The minimum atomic E-state index is -0.0531. The van der Waals surface area contributed by atoms with E-state index in [1.807, 2.05) is 18.5 Å². The van der Waals surface area contributed by atoms with Crippen molar-refractivity contribution < 1.29 is 4.79 Å². The molecule has 3 heterocycles. The van der Waals surface area contributed by atoms with Crippen molar-refractivity contribution >= 4 is 5.91 Å². The monoisotopic (exact) mass is 371 g/mol. The lowest BCUT2D eigenvalue weighted by Gasteiger charge is -2.21. The molecule has 0 fully saturated rings. The number of hydrogen-bond acceptors (Lipinski definition) is 3. The van der Waals surface area contributed by atoms with Crippen molar-refractivity contribution in [3.8, 4) is 0 Å². The third-order valence-corrected chi connectivity index (χ3v) is 4.93. The maximum atomic E-state index is 12.5. The Morgan fingerprint density at radius 3 is 2.74 bits per heavy atom. The molecule has 148 valence electrons. The van der Waals surface area contributed by atoms with Gasteiger partial charge in [-0.25, -0.2) is 0 Å². The first-order valence-electron chi connectivity index (χ1n) is 9.97. The summed E-state index contributed by atoms with van der Waals surface area (Å²) >= 11 is 0. The number of fused-ring (bicyclic) bond motifs is 1. The second-order valence-electron chi connectivity index (χ2n) is 8.99. The van der Waals surface area contributed by atoms with E-state index in [-0.39, 0.29) is 11.4 Å². The van der Waals surface area contributed by atoms with Gasteiger partial charge < -0.3 is 9.88 Å². The molecular weight excluding hydrogens is 338 g/mol. The summed E-state index contributed by atoms with van der Waals surface area (Å²) in [4.78, 5) is 15.0. The van der Waals surface area contributed by atoms with Crippen LogP contribution < -0.4 is 5.32 Å². The zero-order chi connectivity index (χ0) is 19.6. The molecule has 1 N–H and O–H groups in total. The highest BCUT2D eigenvalue weighted by Gasteiger charge is 2.18. The summed E-state index contributed by atoms with van der Waals surface area (Å²) in [6, 6.07) is 4.01. The van der Waals surface area contributed by atoms with E-state index in [0.717, 1.165) is 38.3 Å². The molecule has 27 heavy (non-hydrogen) atoms. The van der Waals surface area contributed by atoms with E-state index >= 15 is 0 Å². The van der Waals surface area contributed by atoms with Crippen LogP contribution in [0.5, 0.6) is 0 Å². The fourth-order valence-electron chi connectivity index (χ4n) is 3.57. The summed E-state index contributed by atoms with van der Waals surface area (Å²) in [5.74, 6) is 0.612. The van der Waals surface area contributed by atoms with Crippen molar-refractivity contribution in [1.82, 2.24) is 24.6 Å². The number of amides is 1. The van der Waals surface area contributed by atoms with Gasteiger partial charge in [0, 0.05) is 44.1 Å². The van der Waals surface area contributed by atoms with E-state index < -0.39 is 0 Å². The maximum absolute atomic E-state index is 12.5. The summed E-state index contributed by atoms with van der Waals surface area (Å²) in [7, 11) is 0. The number of nitrogens with one attached hydrogen (secondary N) is 1. The fourth-order valence-corrected chi connectivity index (χ4v) is 3.57. The van der Waals surface area contributed by atoms with Crippen molar-refractivity contribution in [2.24, 2.45) is 5.92 Å². The molecule has 0 spiro atoms. The zero-order valence-corrected chi connectivity index (χ0v) is 17.3. The van der Waals surface area contributed by atoms with Crippen molar-refractivity contribution in [2.45, 2.75) is 66.2 Å². The predicted octanol–water partition coefficient (Wildman–Crippen LogP) is 3.23. The second kappa shape index (κ2) is 7.89. The van der Waals surface area contributed by atoms with E-state index in [4.69, 9.17) is 5.10 Å². The first kappa shape index (κ1) is 19.7. The third-order valence-electron chi connectivity index (χ3n) is 4.93. The quantitative estimate of drug-likeness (QED) is 0.878. The van der Waals surface area contributed by atoms with Crippen LogP contribution >= 0.6 is 0 Å². The average Bonchev–Trinajstić information content (AvgIpc) is 3.16. The van der Waals surface area contributed by atoms with E-state index in [2.05, 4.69) is 60.2 Å². The topological polar surface area (TPSA) is 55.1 Å². The van der Waals surface area contributed by atoms with Crippen molar-refractivity contribution in [3.05, 3.63) is 41.5 Å². The van der Waals surface area contributed by atoms with Gasteiger partial charge in [-0.3, -0.25) is 14.4 Å². The molecule has 0 saturated carbocycles. The molecule has 1 aliphatic rings. The summed E-state index contributed by atoms with van der Waals surface area (Å²) < 4.78 is 4.17. The normalized spacial score (nSPS) is 15.6. The lowest BCUT2D eigenvalue weighted by molar-refractivity contribution is 0.0950. The van der Waals surface area contributed by atoms with E-state index in [0.29, 0.717) is 18.0 Å². The minimum Gasteiger partial charge on any atom is -0.348 e. The first-order valence-corrected chi connectivity index (χ1v) is 9.97. The van der Waals surface area contributed by atoms with E-state index in [1.54, 1.807) is 0 Å². The van der Waals surface area contributed by atoms with Gasteiger partial charge >= 0.3 is 0 Å². The molecule has 0 bridgehead atoms. The molecule has 1 amide bonds.